The summed E-state index contributed by atoms with van der Waals surface area (Å²) in [6.07, 6.45) is 4.41. The molecule has 0 saturated carbocycles. The average molecular weight is 160 g/mol. The number of hydrogen-bond donors (Lipinski definition) is 1. The van der Waals surface area contributed by atoms with Gasteiger partial charge in [0.05, 0.1) is 6.04 Å². The SMILES string of the molecule is CCCCCC1C(N)CN1F. The Morgan fingerprint density at radius 3 is 2.73 bits per heavy atom. The minimum absolute atomic E-state index is 0.0153. The first-order valence-corrected chi connectivity index (χ1v) is 4.43. The molecule has 2 unspecified atom stereocenters. The van der Waals surface area contributed by atoms with Gasteiger partial charge < -0.3 is 5.73 Å². The van der Waals surface area contributed by atoms with E-state index in [1.165, 1.54) is 12.8 Å². The zero-order valence-corrected chi connectivity index (χ0v) is 7.09. The average Bonchev–Trinajstić information content (AvgIpc) is 1.98. The molecule has 0 aromatic heterocycles. The Morgan fingerprint density at radius 2 is 2.27 bits per heavy atom. The van der Waals surface area contributed by atoms with Crippen LogP contribution in [-0.4, -0.2) is 23.8 Å². The zero-order valence-electron chi connectivity index (χ0n) is 7.09. The number of nitrogens with two attached hydrogens (primary N) is 1. The molecule has 1 aliphatic rings. The zero-order chi connectivity index (χ0) is 8.27. The third kappa shape index (κ3) is 2.14. The van der Waals surface area contributed by atoms with Gasteiger partial charge in [-0.15, -0.1) is 9.60 Å². The van der Waals surface area contributed by atoms with Gasteiger partial charge in [-0.1, -0.05) is 26.2 Å². The molecule has 66 valence electrons. The van der Waals surface area contributed by atoms with Gasteiger partial charge in [0.1, 0.15) is 0 Å². The van der Waals surface area contributed by atoms with E-state index in [0.717, 1.165) is 18.0 Å². The highest BCUT2D eigenvalue weighted by Crippen LogP contribution is 2.21. The van der Waals surface area contributed by atoms with Crippen LogP contribution in [0.15, 0.2) is 0 Å². The van der Waals surface area contributed by atoms with Crippen molar-refractivity contribution in [2.45, 2.75) is 44.7 Å². The molecule has 0 bridgehead atoms. The minimum atomic E-state index is 0.0153. The summed E-state index contributed by atoms with van der Waals surface area (Å²) in [7, 11) is 0. The summed E-state index contributed by atoms with van der Waals surface area (Å²) in [5.74, 6) is 0. The Hall–Kier alpha value is -0.150. The molecule has 0 aliphatic carbocycles. The first kappa shape index (κ1) is 8.94. The van der Waals surface area contributed by atoms with E-state index >= 15 is 0 Å². The van der Waals surface area contributed by atoms with Crippen LogP contribution >= 0.6 is 0 Å². The van der Waals surface area contributed by atoms with Crippen molar-refractivity contribution in [2.24, 2.45) is 5.73 Å². The van der Waals surface area contributed by atoms with Crippen LogP contribution in [0.5, 0.6) is 0 Å². The van der Waals surface area contributed by atoms with Gasteiger partial charge in [-0.2, -0.15) is 0 Å². The molecule has 2 N–H and O–H groups in total. The van der Waals surface area contributed by atoms with Gasteiger partial charge in [-0.05, 0) is 6.42 Å². The van der Waals surface area contributed by atoms with Crippen LogP contribution < -0.4 is 5.73 Å². The van der Waals surface area contributed by atoms with E-state index in [1.807, 2.05) is 0 Å². The Morgan fingerprint density at radius 1 is 1.55 bits per heavy atom. The second-order valence-electron chi connectivity index (χ2n) is 3.31. The molecule has 3 heteroatoms. The molecule has 0 spiro atoms. The topological polar surface area (TPSA) is 29.3 Å². The summed E-state index contributed by atoms with van der Waals surface area (Å²) >= 11 is 0. The van der Waals surface area contributed by atoms with Crippen LogP contribution in [0.4, 0.5) is 4.48 Å². The second-order valence-corrected chi connectivity index (χ2v) is 3.31. The van der Waals surface area contributed by atoms with Crippen LogP contribution in [-0.2, 0) is 0 Å². The molecule has 0 amide bonds. The molecule has 1 heterocycles. The maximum absolute atomic E-state index is 12.6. The van der Waals surface area contributed by atoms with Gasteiger partial charge in [0, 0.05) is 12.6 Å². The predicted octanol–water partition coefficient (Wildman–Crippen LogP) is 1.46. The van der Waals surface area contributed by atoms with Crippen LogP contribution in [0.2, 0.25) is 0 Å². The number of halogens is 1. The summed E-state index contributed by atoms with van der Waals surface area (Å²) in [5, 5.41) is 0.861. The molecule has 0 aromatic carbocycles. The van der Waals surface area contributed by atoms with Crippen molar-refractivity contribution in [3.05, 3.63) is 0 Å². The lowest BCUT2D eigenvalue weighted by Gasteiger charge is -2.39. The third-order valence-electron chi connectivity index (χ3n) is 2.34. The summed E-state index contributed by atoms with van der Waals surface area (Å²) < 4.78 is 12.6. The molecular weight excluding hydrogens is 143 g/mol. The van der Waals surface area contributed by atoms with Gasteiger partial charge >= 0.3 is 0 Å². The van der Waals surface area contributed by atoms with Crippen molar-refractivity contribution in [1.29, 1.82) is 0 Å². The fourth-order valence-electron chi connectivity index (χ4n) is 1.49. The van der Waals surface area contributed by atoms with Crippen molar-refractivity contribution in [3.63, 3.8) is 0 Å². The number of hydrogen-bond acceptors (Lipinski definition) is 2. The van der Waals surface area contributed by atoms with Gasteiger partial charge in [0.2, 0.25) is 0 Å². The second kappa shape index (κ2) is 4.02. The predicted molar refractivity (Wildman–Crippen MR) is 43.7 cm³/mol. The van der Waals surface area contributed by atoms with E-state index in [9.17, 15) is 4.48 Å². The molecule has 1 aliphatic heterocycles. The van der Waals surface area contributed by atoms with Gasteiger partial charge in [-0.3, -0.25) is 0 Å². The van der Waals surface area contributed by atoms with Crippen LogP contribution in [0, 0.1) is 0 Å². The maximum atomic E-state index is 12.6. The van der Waals surface area contributed by atoms with Crippen molar-refractivity contribution in [2.75, 3.05) is 6.54 Å². The highest BCUT2D eigenvalue weighted by Gasteiger charge is 2.35. The van der Waals surface area contributed by atoms with Crippen molar-refractivity contribution >= 4 is 0 Å². The monoisotopic (exact) mass is 160 g/mol. The largest absolute Gasteiger partial charge is 0.325 e. The third-order valence-corrected chi connectivity index (χ3v) is 2.34. The van der Waals surface area contributed by atoms with E-state index in [0.29, 0.717) is 6.54 Å². The highest BCUT2D eigenvalue weighted by molar-refractivity contribution is 4.89. The van der Waals surface area contributed by atoms with Crippen LogP contribution in [0.25, 0.3) is 0 Å². The minimum Gasteiger partial charge on any atom is -0.325 e. The summed E-state index contributed by atoms with van der Waals surface area (Å²) in [6.45, 7) is 2.57. The van der Waals surface area contributed by atoms with Crippen molar-refractivity contribution in [3.8, 4) is 0 Å². The number of nitrogens with zero attached hydrogens (tertiary/aromatic N) is 1. The Labute approximate surface area is 67.5 Å². The summed E-state index contributed by atoms with van der Waals surface area (Å²) in [4.78, 5) is 0. The quantitative estimate of drug-likeness (QED) is 0.498. The van der Waals surface area contributed by atoms with E-state index in [1.54, 1.807) is 0 Å². The fourth-order valence-corrected chi connectivity index (χ4v) is 1.49. The smallest absolute Gasteiger partial charge is 0.0567 e. The molecule has 0 aromatic rings. The summed E-state index contributed by atoms with van der Waals surface area (Å²) in [5.41, 5.74) is 5.61. The lowest BCUT2D eigenvalue weighted by Crippen LogP contribution is -2.60. The first-order chi connectivity index (χ1) is 5.25. The van der Waals surface area contributed by atoms with Crippen molar-refractivity contribution in [1.82, 2.24) is 5.12 Å². The molecule has 1 fully saturated rings. The standard InChI is InChI=1S/C8H17FN2/c1-2-3-4-5-8-7(10)6-11(8)9/h7-8H,2-6,10H2,1H3. The molecule has 2 nitrogen and oxygen atoms in total. The normalized spacial score (nSPS) is 31.9. The molecule has 11 heavy (non-hydrogen) atoms. The summed E-state index contributed by atoms with van der Waals surface area (Å²) in [6, 6.07) is 0.0957. The first-order valence-electron chi connectivity index (χ1n) is 4.43. The van der Waals surface area contributed by atoms with E-state index in [-0.39, 0.29) is 12.1 Å². The Kier molecular flexibility index (Phi) is 3.27. The molecule has 1 saturated heterocycles. The highest BCUT2D eigenvalue weighted by atomic mass is 19.2. The van der Waals surface area contributed by atoms with Crippen molar-refractivity contribution < 1.29 is 4.48 Å². The van der Waals surface area contributed by atoms with Gasteiger partial charge in [0.15, 0.2) is 0 Å². The lowest BCUT2D eigenvalue weighted by atomic mass is 9.95. The van der Waals surface area contributed by atoms with E-state index in [4.69, 9.17) is 5.73 Å². The molecular formula is C8H17FN2. The van der Waals surface area contributed by atoms with Gasteiger partial charge in [-0.25, -0.2) is 0 Å². The van der Waals surface area contributed by atoms with Crippen LogP contribution in [0.1, 0.15) is 32.6 Å². The van der Waals surface area contributed by atoms with Crippen LogP contribution in [0.3, 0.4) is 0 Å². The Bertz CT molecular complexity index is 111. The van der Waals surface area contributed by atoms with E-state index < -0.39 is 0 Å². The fraction of sp³-hybridized carbons (Fsp3) is 1.00. The van der Waals surface area contributed by atoms with Gasteiger partial charge in [0.25, 0.3) is 0 Å². The van der Waals surface area contributed by atoms with E-state index in [2.05, 4.69) is 6.92 Å². The number of rotatable bonds is 4. The molecule has 2 atom stereocenters. The Balaban J connectivity index is 2.06. The maximum Gasteiger partial charge on any atom is 0.0567 e. The molecule has 1 rings (SSSR count). The number of unbranched alkanes of at least 4 members (excludes halogenated alkanes) is 2. The lowest BCUT2D eigenvalue weighted by molar-refractivity contribution is -0.110. The molecule has 0 radical (unpaired) electrons.